The van der Waals surface area contributed by atoms with Crippen LogP contribution in [0.3, 0.4) is 0 Å². The molecule has 0 bridgehead atoms. The van der Waals surface area contributed by atoms with Crippen LogP contribution in [0.2, 0.25) is 5.04 Å². The highest BCUT2D eigenvalue weighted by Gasteiger charge is 2.51. The van der Waals surface area contributed by atoms with Crippen molar-refractivity contribution in [2.24, 2.45) is 0 Å². The number of unbranched alkanes of at least 4 members (excludes halogenated alkanes) is 3. The van der Waals surface area contributed by atoms with Crippen LogP contribution in [0.25, 0.3) is 0 Å². The number of ketones is 1. The van der Waals surface area contributed by atoms with Crippen molar-refractivity contribution in [1.29, 1.82) is 0 Å². The van der Waals surface area contributed by atoms with Crippen LogP contribution < -0.4 is 36.4 Å². The Bertz CT molecular complexity index is 2110. The maximum Gasteiger partial charge on any atom is 0.262 e. The predicted molar refractivity (Wildman–Crippen MR) is 260 cm³/mol. The van der Waals surface area contributed by atoms with Crippen LogP contribution in [0.4, 0.5) is 0 Å². The number of allylic oxidation sites excluding steroid dienone is 1. The number of nitrogens with one attached hydrogen (secondary N) is 4. The average Bonchev–Trinajstić information content (AvgIpc) is 3.81. The molecule has 0 spiro atoms. The van der Waals surface area contributed by atoms with E-state index in [2.05, 4.69) is 73.2 Å². The van der Waals surface area contributed by atoms with Gasteiger partial charge in [-0.15, -0.1) is 0 Å². The van der Waals surface area contributed by atoms with Crippen LogP contribution >= 0.6 is 0 Å². The number of carbonyl (C=O) groups is 6. The number of hydrogen-bond acceptors (Lipinski definition) is 8. The maximum absolute atomic E-state index is 14.3. The summed E-state index contributed by atoms with van der Waals surface area (Å²) in [7, 11) is -2.96. The Kier molecular flexibility index (Phi) is 18.5. The lowest BCUT2D eigenvalue weighted by molar-refractivity contribution is -0.144. The van der Waals surface area contributed by atoms with E-state index < -0.39 is 55.8 Å². The van der Waals surface area contributed by atoms with Gasteiger partial charge in [0, 0.05) is 19.5 Å². The number of rotatable bonds is 20. The van der Waals surface area contributed by atoms with Gasteiger partial charge in [0.05, 0.1) is 0 Å². The van der Waals surface area contributed by atoms with Crippen molar-refractivity contribution < 1.29 is 37.9 Å². The minimum atomic E-state index is -2.96. The number of carbonyl (C=O) groups excluding carboxylic acids is 6. The first-order valence-corrected chi connectivity index (χ1v) is 25.6. The smallest absolute Gasteiger partial charge is 0.262 e. The highest BCUT2D eigenvalue weighted by molar-refractivity contribution is 6.99. The lowest BCUT2D eigenvalue weighted by atomic mass is 9.94. The Hall–Kier alpha value is -5.60. The molecule has 0 unspecified atom stereocenters. The second-order valence-corrected chi connectivity index (χ2v) is 23.1. The highest BCUT2D eigenvalue weighted by atomic mass is 28.4. The van der Waals surface area contributed by atoms with Crippen LogP contribution in [-0.4, -0.2) is 98.0 Å². The van der Waals surface area contributed by atoms with Crippen molar-refractivity contribution in [2.45, 2.75) is 147 Å². The molecule has 0 aliphatic carbocycles. The van der Waals surface area contributed by atoms with Gasteiger partial charge in [0.25, 0.3) is 14.2 Å². The fourth-order valence-electron chi connectivity index (χ4n) is 8.77. The van der Waals surface area contributed by atoms with Crippen molar-refractivity contribution in [2.75, 3.05) is 19.7 Å². The summed E-state index contributed by atoms with van der Waals surface area (Å²) in [5.74, 6) is -1.73. The summed E-state index contributed by atoms with van der Waals surface area (Å²) >= 11 is 0. The number of ether oxygens (including phenoxy) is 1. The van der Waals surface area contributed by atoms with Gasteiger partial charge in [-0.05, 0) is 98.0 Å². The summed E-state index contributed by atoms with van der Waals surface area (Å²) in [4.78, 5) is 83.8. The van der Waals surface area contributed by atoms with E-state index in [9.17, 15) is 28.8 Å². The summed E-state index contributed by atoms with van der Waals surface area (Å²) in [5, 5.41) is 13.5. The van der Waals surface area contributed by atoms with E-state index in [1.165, 1.54) is 4.90 Å². The molecular formula is C52H71N5O8Si. The third-order valence-corrected chi connectivity index (χ3v) is 17.9. The van der Waals surface area contributed by atoms with Gasteiger partial charge in [-0.1, -0.05) is 126 Å². The molecule has 5 rings (SSSR count). The van der Waals surface area contributed by atoms with Crippen molar-refractivity contribution in [1.82, 2.24) is 26.2 Å². The van der Waals surface area contributed by atoms with Crippen LogP contribution in [0.5, 0.6) is 5.75 Å². The zero-order valence-electron chi connectivity index (χ0n) is 40.0. The first-order valence-electron chi connectivity index (χ1n) is 23.7. The molecule has 356 valence electrons. The van der Waals surface area contributed by atoms with Crippen LogP contribution in [0.15, 0.2) is 97.1 Å². The van der Waals surface area contributed by atoms with E-state index in [-0.39, 0.29) is 48.5 Å². The van der Waals surface area contributed by atoms with Crippen LogP contribution in [0.1, 0.15) is 112 Å². The van der Waals surface area contributed by atoms with Crippen molar-refractivity contribution >= 4 is 54.0 Å². The van der Waals surface area contributed by atoms with E-state index in [4.69, 9.17) is 9.16 Å². The Labute approximate surface area is 392 Å². The first kappa shape index (κ1) is 51.4. The molecule has 3 aromatic carbocycles. The largest absolute Gasteiger partial charge is 0.484 e. The van der Waals surface area contributed by atoms with E-state index in [0.29, 0.717) is 44.5 Å². The second kappa shape index (κ2) is 23.7. The monoisotopic (exact) mass is 922 g/mol. The number of benzene rings is 3. The quantitative estimate of drug-likeness (QED) is 0.0660. The normalized spacial score (nSPS) is 21.2. The minimum absolute atomic E-state index is 0.123. The number of hydrogen-bond donors (Lipinski definition) is 4. The standard InChI is InChI=1S/C52H71N5O8Si/c1-8-10-20-33-53-46(59)36-64-39-31-29-38(30-32-39)35-43-49(62)57-34-21-27-44(57)48(61)54-42(47(60)56-52(7,9-2)50(63)55-43)26-18-13-19-28-45(58)37(3)65-66(51(4,5)6,40-22-14-11-15-23-40)41-24-16-12-17-25-41/h11-12,14-17,19,22-25,28-32,37,42-44H,8-10,13,18,20-21,26-27,33-36H2,1-7H3,(H,53,59)(H,54,61)(H,55,63)(H,56,60)/b28-19+/t37-,42-,43-,44+,52-/m0/s1. The Morgan fingerprint density at radius 1 is 0.879 bits per heavy atom. The molecule has 13 nitrogen and oxygen atoms in total. The molecule has 2 heterocycles. The number of amides is 5. The van der Waals surface area contributed by atoms with Gasteiger partial charge in [-0.3, -0.25) is 28.8 Å². The highest BCUT2D eigenvalue weighted by Crippen LogP contribution is 2.37. The zero-order valence-corrected chi connectivity index (χ0v) is 41.0. The van der Waals surface area contributed by atoms with Gasteiger partial charge in [-0.25, -0.2) is 0 Å². The van der Waals surface area contributed by atoms with E-state index >= 15 is 0 Å². The van der Waals surface area contributed by atoms with Gasteiger partial charge in [-0.2, -0.15) is 0 Å². The fourth-order valence-corrected chi connectivity index (χ4v) is 13.4. The van der Waals surface area contributed by atoms with Crippen molar-refractivity contribution in [3.8, 4) is 5.75 Å². The SMILES string of the molecule is CCCCCNC(=O)COc1ccc(C[C@@H]2NC(=O)[C@](C)(CC)NC(=O)[C@H](CCC/C=C/C(=O)[C@H](C)O[Si](c3ccccc3)(c3ccccc3)C(C)(C)C)NC(=O)[C@H]3CCCN3C2=O)cc1. The van der Waals surface area contributed by atoms with Gasteiger partial charge in [0.2, 0.25) is 23.6 Å². The molecular weight excluding hydrogens is 851 g/mol. The molecule has 3 aromatic rings. The summed E-state index contributed by atoms with van der Waals surface area (Å²) in [6.07, 6.45) is 8.08. The zero-order chi connectivity index (χ0) is 47.9. The fraction of sp³-hybridized carbons (Fsp3) is 0.500. The molecule has 14 heteroatoms. The summed E-state index contributed by atoms with van der Waals surface area (Å²) in [6, 6.07) is 24.5. The Morgan fingerprint density at radius 3 is 2.14 bits per heavy atom. The maximum atomic E-state index is 14.3. The summed E-state index contributed by atoms with van der Waals surface area (Å²) in [6.45, 7) is 14.6. The van der Waals surface area contributed by atoms with Gasteiger partial charge < -0.3 is 35.3 Å². The molecule has 5 amide bonds. The molecule has 2 aliphatic rings. The first-order chi connectivity index (χ1) is 31.5. The van der Waals surface area contributed by atoms with Crippen molar-refractivity contribution in [3.05, 3.63) is 103 Å². The third kappa shape index (κ3) is 13.1. The summed E-state index contributed by atoms with van der Waals surface area (Å²) < 4.78 is 12.7. The predicted octanol–water partition coefficient (Wildman–Crippen LogP) is 5.43. The van der Waals surface area contributed by atoms with Gasteiger partial charge in [0.15, 0.2) is 12.4 Å². The van der Waals surface area contributed by atoms with Crippen LogP contribution in [-0.2, 0) is 39.6 Å². The average molecular weight is 922 g/mol. The van der Waals surface area contributed by atoms with Gasteiger partial charge in [0.1, 0.15) is 35.5 Å². The molecule has 2 fully saturated rings. The molecule has 0 saturated carbocycles. The molecule has 0 radical (unpaired) electrons. The number of fused-ring (bicyclic) bond motifs is 1. The molecule has 66 heavy (non-hydrogen) atoms. The second-order valence-electron chi connectivity index (χ2n) is 18.8. The van der Waals surface area contributed by atoms with E-state index in [1.807, 2.05) is 36.4 Å². The minimum Gasteiger partial charge on any atom is -0.484 e. The lowest BCUT2D eigenvalue weighted by Crippen LogP contribution is -2.68. The molecule has 2 saturated heterocycles. The molecule has 0 aromatic heterocycles. The topological polar surface area (TPSA) is 172 Å². The van der Waals surface area contributed by atoms with Gasteiger partial charge >= 0.3 is 0 Å². The van der Waals surface area contributed by atoms with Crippen LogP contribution in [0, 0.1) is 0 Å². The third-order valence-electron chi connectivity index (χ3n) is 12.8. The molecule has 4 N–H and O–H groups in total. The Balaban J connectivity index is 1.24. The van der Waals surface area contributed by atoms with E-state index in [1.54, 1.807) is 57.2 Å². The Morgan fingerprint density at radius 2 is 1.53 bits per heavy atom. The molecule has 2 aliphatic heterocycles. The van der Waals surface area contributed by atoms with Crippen molar-refractivity contribution in [3.63, 3.8) is 0 Å². The van der Waals surface area contributed by atoms with E-state index in [0.717, 1.165) is 35.2 Å². The number of nitrogens with zero attached hydrogens (tertiary/aromatic N) is 1. The molecule has 5 atom stereocenters. The lowest BCUT2D eigenvalue weighted by Gasteiger charge is -2.44. The summed E-state index contributed by atoms with van der Waals surface area (Å²) in [5.41, 5.74) is -0.665.